The van der Waals surface area contributed by atoms with Crippen LogP contribution in [0.4, 0.5) is 0 Å². The molecule has 3 aliphatic heterocycles. The predicted molar refractivity (Wildman–Crippen MR) is 120 cm³/mol. The monoisotopic (exact) mass is 384 g/mol. The van der Waals surface area contributed by atoms with Crippen molar-refractivity contribution < 1.29 is 0 Å². The second kappa shape index (κ2) is 5.59. The van der Waals surface area contributed by atoms with Gasteiger partial charge in [0.2, 0.25) is 0 Å². The van der Waals surface area contributed by atoms with E-state index in [1.54, 1.807) is 0 Å². The molecule has 0 aromatic carbocycles. The Morgan fingerprint density at radius 3 is 1.24 bits per heavy atom. The zero-order chi connectivity index (χ0) is 20.6. The highest BCUT2D eigenvalue weighted by Gasteiger charge is 2.36. The van der Waals surface area contributed by atoms with Crippen molar-refractivity contribution in [2.75, 3.05) is 0 Å². The number of hydrogen-bond donors (Lipinski definition) is 2. The molecule has 29 heavy (non-hydrogen) atoms. The van der Waals surface area contributed by atoms with Crippen LogP contribution < -0.4 is 0 Å². The molecule has 2 aromatic rings. The van der Waals surface area contributed by atoms with Gasteiger partial charge in [0.05, 0.1) is 22.8 Å². The van der Waals surface area contributed by atoms with Gasteiger partial charge in [0.15, 0.2) is 0 Å². The van der Waals surface area contributed by atoms with Gasteiger partial charge in [-0.3, -0.25) is 9.98 Å². The van der Waals surface area contributed by atoms with Crippen LogP contribution in [0.1, 0.15) is 64.3 Å². The quantitative estimate of drug-likeness (QED) is 0.605. The molecule has 0 fully saturated rings. The number of aliphatic imine (C=N–C) groups is 2. The molecule has 5 heterocycles. The third kappa shape index (κ3) is 2.51. The van der Waals surface area contributed by atoms with Crippen molar-refractivity contribution in [2.45, 2.75) is 57.8 Å². The van der Waals surface area contributed by atoms with Gasteiger partial charge in [-0.1, -0.05) is 0 Å². The third-order valence-corrected chi connectivity index (χ3v) is 6.89. The average Bonchev–Trinajstić information content (AvgIpc) is 3.48. The SMILES string of the molecule is CC1(C)C2=NC(=C3C=CC(=N3)C(C)(C)c3ccc([nH]3)C(C)(C)c3ccc1[nH]3)C=C2. The number of allylic oxidation sites excluding steroid dienone is 4. The van der Waals surface area contributed by atoms with E-state index in [4.69, 9.17) is 9.98 Å². The highest BCUT2D eigenvalue weighted by atomic mass is 14.9. The Bertz CT molecular complexity index is 1080. The minimum Gasteiger partial charge on any atom is -0.361 e. The molecule has 2 aromatic heterocycles. The van der Waals surface area contributed by atoms with Gasteiger partial charge >= 0.3 is 0 Å². The zero-order valence-corrected chi connectivity index (χ0v) is 18.0. The van der Waals surface area contributed by atoms with E-state index < -0.39 is 0 Å². The molecular weight excluding hydrogens is 356 g/mol. The number of H-pyrrole nitrogens is 2. The van der Waals surface area contributed by atoms with Crippen LogP contribution in [0, 0.1) is 0 Å². The molecule has 0 spiro atoms. The Morgan fingerprint density at radius 1 is 0.517 bits per heavy atom. The van der Waals surface area contributed by atoms with Gasteiger partial charge in [0.1, 0.15) is 0 Å². The fraction of sp³-hybridized carbons (Fsp3) is 0.360. The molecule has 0 aliphatic carbocycles. The molecule has 0 unspecified atom stereocenters. The third-order valence-electron chi connectivity index (χ3n) is 6.89. The lowest BCUT2D eigenvalue weighted by Crippen LogP contribution is -2.29. The Balaban J connectivity index is 1.78. The standard InChI is InChI=1S/C25H28N4/c1-23(2)17-9-7-15(26-17)16-8-10-18(27-16)24(3,4)20-12-14-22(29-20)25(5,6)21-13-11-19(23)28-21/h7-14,28-29H,1-6H3. The van der Waals surface area contributed by atoms with Crippen LogP contribution in [0.15, 0.2) is 69.9 Å². The lowest BCUT2D eigenvalue weighted by Gasteiger charge is -2.26. The number of nitrogens with one attached hydrogen (secondary N) is 2. The fourth-order valence-electron chi connectivity index (χ4n) is 4.38. The normalized spacial score (nSPS) is 23.0. The fourth-order valence-corrected chi connectivity index (χ4v) is 4.38. The maximum atomic E-state index is 4.96. The second-order valence-electron chi connectivity index (χ2n) is 9.88. The number of rotatable bonds is 0. The summed E-state index contributed by atoms with van der Waals surface area (Å²) in [6.07, 6.45) is 8.43. The molecule has 0 amide bonds. The summed E-state index contributed by atoms with van der Waals surface area (Å²) in [4.78, 5) is 17.3. The molecule has 0 saturated heterocycles. The maximum Gasteiger partial charge on any atom is 0.0890 e. The number of aromatic nitrogens is 2. The molecule has 148 valence electrons. The Morgan fingerprint density at radius 2 is 0.862 bits per heavy atom. The Labute approximate surface area is 172 Å². The first kappa shape index (κ1) is 18.2. The van der Waals surface area contributed by atoms with Gasteiger partial charge < -0.3 is 9.97 Å². The Hall–Kier alpha value is -2.88. The lowest BCUT2D eigenvalue weighted by molar-refractivity contribution is 0.586. The van der Waals surface area contributed by atoms with E-state index in [9.17, 15) is 0 Å². The van der Waals surface area contributed by atoms with E-state index in [0.29, 0.717) is 0 Å². The van der Waals surface area contributed by atoms with Crippen LogP contribution in [0.5, 0.6) is 0 Å². The van der Waals surface area contributed by atoms with Crippen LogP contribution in [0.2, 0.25) is 0 Å². The Kier molecular flexibility index (Phi) is 3.50. The van der Waals surface area contributed by atoms with Crippen LogP contribution in [0.3, 0.4) is 0 Å². The summed E-state index contributed by atoms with van der Waals surface area (Å²) in [5.41, 5.74) is 8.10. The molecule has 2 N–H and O–H groups in total. The zero-order valence-electron chi connectivity index (χ0n) is 18.0. The predicted octanol–water partition coefficient (Wildman–Crippen LogP) is 5.47. The first-order valence-electron chi connectivity index (χ1n) is 10.3. The summed E-state index contributed by atoms with van der Waals surface area (Å²) < 4.78 is 0. The minimum absolute atomic E-state index is 0.169. The van der Waals surface area contributed by atoms with Crippen molar-refractivity contribution >= 4 is 11.4 Å². The van der Waals surface area contributed by atoms with E-state index in [0.717, 1.165) is 22.8 Å². The highest BCUT2D eigenvalue weighted by molar-refractivity contribution is 6.07. The van der Waals surface area contributed by atoms with E-state index in [-0.39, 0.29) is 16.2 Å². The summed E-state index contributed by atoms with van der Waals surface area (Å²) >= 11 is 0. The van der Waals surface area contributed by atoms with Gasteiger partial charge in [0.25, 0.3) is 0 Å². The molecule has 5 rings (SSSR count). The molecule has 3 aliphatic rings. The molecule has 0 saturated carbocycles. The van der Waals surface area contributed by atoms with Crippen LogP contribution in [0.25, 0.3) is 0 Å². The summed E-state index contributed by atoms with van der Waals surface area (Å²) in [5.74, 6) is 0. The van der Waals surface area contributed by atoms with Crippen LogP contribution >= 0.6 is 0 Å². The number of nitrogens with zero attached hydrogens (tertiary/aromatic N) is 2. The van der Waals surface area contributed by atoms with E-state index in [1.807, 2.05) is 0 Å². The summed E-state index contributed by atoms with van der Waals surface area (Å²) in [6, 6.07) is 8.82. The van der Waals surface area contributed by atoms with Crippen molar-refractivity contribution in [1.82, 2.24) is 9.97 Å². The van der Waals surface area contributed by atoms with Crippen LogP contribution in [-0.4, -0.2) is 21.4 Å². The molecule has 0 atom stereocenters. The van der Waals surface area contributed by atoms with Gasteiger partial charge in [-0.25, -0.2) is 0 Å². The summed E-state index contributed by atoms with van der Waals surface area (Å²) in [6.45, 7) is 13.4. The number of hydrogen-bond acceptors (Lipinski definition) is 2. The van der Waals surface area contributed by atoms with Gasteiger partial charge in [-0.2, -0.15) is 0 Å². The number of aromatic amines is 2. The topological polar surface area (TPSA) is 56.3 Å². The number of fused-ring (bicyclic) bond motifs is 6. The second-order valence-corrected chi connectivity index (χ2v) is 9.88. The first-order valence-corrected chi connectivity index (χ1v) is 10.3. The van der Waals surface area contributed by atoms with E-state index in [1.165, 1.54) is 22.8 Å². The summed E-state index contributed by atoms with van der Waals surface area (Å²) in [7, 11) is 0. The molecular formula is C25H28N4. The van der Waals surface area contributed by atoms with Crippen molar-refractivity contribution in [1.29, 1.82) is 0 Å². The van der Waals surface area contributed by atoms with E-state index in [2.05, 4.69) is 100 Å². The molecule has 4 nitrogen and oxygen atoms in total. The smallest absolute Gasteiger partial charge is 0.0890 e. The maximum absolute atomic E-state index is 4.96. The largest absolute Gasteiger partial charge is 0.361 e. The van der Waals surface area contributed by atoms with Gasteiger partial charge in [0, 0.05) is 39.0 Å². The minimum atomic E-state index is -0.220. The van der Waals surface area contributed by atoms with Crippen molar-refractivity contribution in [3.8, 4) is 0 Å². The summed E-state index contributed by atoms with van der Waals surface area (Å²) in [5, 5.41) is 0. The van der Waals surface area contributed by atoms with E-state index >= 15 is 0 Å². The average molecular weight is 385 g/mol. The molecule has 8 bridgehead atoms. The van der Waals surface area contributed by atoms with Crippen molar-refractivity contribution in [3.63, 3.8) is 0 Å². The highest BCUT2D eigenvalue weighted by Crippen LogP contribution is 2.38. The molecule has 4 heteroatoms. The van der Waals surface area contributed by atoms with Crippen LogP contribution in [-0.2, 0) is 16.2 Å². The van der Waals surface area contributed by atoms with Crippen molar-refractivity contribution in [2.24, 2.45) is 9.98 Å². The van der Waals surface area contributed by atoms with Crippen molar-refractivity contribution in [3.05, 3.63) is 82.7 Å². The lowest BCUT2D eigenvalue weighted by atomic mass is 9.84. The van der Waals surface area contributed by atoms with Gasteiger partial charge in [-0.15, -0.1) is 0 Å². The first-order chi connectivity index (χ1) is 13.6. The molecule has 0 radical (unpaired) electrons. The van der Waals surface area contributed by atoms with Gasteiger partial charge in [-0.05, 0) is 90.1 Å².